The molecule has 0 radical (unpaired) electrons. The van der Waals surface area contributed by atoms with Crippen LogP contribution in [0, 0.1) is 34.5 Å². The molecule has 7 heteroatoms. The first-order chi connectivity index (χ1) is 20.9. The predicted molar refractivity (Wildman–Crippen MR) is 175 cm³/mol. The number of aliphatic hydroxyl groups is 1. The van der Waals surface area contributed by atoms with E-state index in [2.05, 4.69) is 37.1 Å². The van der Waals surface area contributed by atoms with Crippen molar-refractivity contribution < 1.29 is 19.5 Å². The molecule has 0 heterocycles. The fourth-order valence-corrected chi connectivity index (χ4v) is 9.35. The van der Waals surface area contributed by atoms with E-state index in [4.69, 9.17) is 4.99 Å². The van der Waals surface area contributed by atoms with Crippen LogP contribution in [0.15, 0.2) is 53.1 Å². The van der Waals surface area contributed by atoms with Crippen molar-refractivity contribution in [3.8, 4) is 0 Å². The number of benzene rings is 1. The maximum atomic E-state index is 13.0. The van der Waals surface area contributed by atoms with Crippen molar-refractivity contribution in [2.75, 3.05) is 19.6 Å². The van der Waals surface area contributed by atoms with Crippen LogP contribution in [0.4, 0.5) is 0 Å². The zero-order valence-electron chi connectivity index (χ0n) is 27.1. The first-order valence-corrected chi connectivity index (χ1v) is 16.7. The highest BCUT2D eigenvalue weighted by molar-refractivity contribution is 6.03. The van der Waals surface area contributed by atoms with Gasteiger partial charge in [-0.3, -0.25) is 19.4 Å². The average molecular weight is 602 g/mol. The number of fused-ring (bicyclic) bond motifs is 5. The lowest BCUT2D eigenvalue weighted by atomic mass is 9.46. The van der Waals surface area contributed by atoms with Crippen molar-refractivity contribution in [3.05, 3.63) is 59.2 Å². The molecule has 0 spiro atoms. The summed E-state index contributed by atoms with van der Waals surface area (Å²) in [6.45, 7) is 13.2. The number of Topliss-reactive ketones (excluding diaryl/α,β-unsaturated/α-hetero) is 1. The van der Waals surface area contributed by atoms with Crippen molar-refractivity contribution in [2.24, 2.45) is 39.5 Å². The highest BCUT2D eigenvalue weighted by Crippen LogP contribution is 2.67. The Balaban J connectivity index is 1.14. The lowest BCUT2D eigenvalue weighted by Gasteiger charge is -2.58. The number of nitrogens with one attached hydrogen (secondary N) is 2. The summed E-state index contributed by atoms with van der Waals surface area (Å²) in [7, 11) is 0. The molecule has 44 heavy (non-hydrogen) atoms. The van der Waals surface area contributed by atoms with E-state index < -0.39 is 0 Å². The van der Waals surface area contributed by atoms with Gasteiger partial charge in [0.25, 0.3) is 5.91 Å². The summed E-state index contributed by atoms with van der Waals surface area (Å²) in [6, 6.07) is 6.75. The van der Waals surface area contributed by atoms with E-state index in [-0.39, 0.29) is 41.1 Å². The maximum absolute atomic E-state index is 13.0. The lowest BCUT2D eigenvalue weighted by molar-refractivity contribution is -0.117. The molecule has 7 nitrogen and oxygen atoms in total. The van der Waals surface area contributed by atoms with E-state index >= 15 is 0 Å². The van der Waals surface area contributed by atoms with Gasteiger partial charge in [-0.15, -0.1) is 0 Å². The number of hydrogen-bond donors (Lipinski definition) is 3. The van der Waals surface area contributed by atoms with Crippen LogP contribution in [0.25, 0.3) is 0 Å². The molecule has 0 bridgehead atoms. The Morgan fingerprint density at radius 2 is 1.68 bits per heavy atom. The second-order valence-electron chi connectivity index (χ2n) is 14.4. The van der Waals surface area contributed by atoms with Gasteiger partial charge in [0.1, 0.15) is 6.54 Å². The van der Waals surface area contributed by atoms with Gasteiger partial charge < -0.3 is 15.7 Å². The molecule has 3 saturated carbocycles. The number of allylic oxidation sites excluding steroid dienone is 2. The molecule has 1 aromatic carbocycles. The van der Waals surface area contributed by atoms with Crippen LogP contribution < -0.4 is 10.6 Å². The van der Waals surface area contributed by atoms with Gasteiger partial charge in [-0.1, -0.05) is 38.1 Å². The quantitative estimate of drug-likeness (QED) is 0.172. The van der Waals surface area contributed by atoms with Crippen LogP contribution in [-0.2, 0) is 4.79 Å². The number of carbonyl (C=O) groups is 3. The van der Waals surface area contributed by atoms with Gasteiger partial charge in [0.2, 0.25) is 5.91 Å². The first-order valence-electron chi connectivity index (χ1n) is 16.7. The predicted octanol–water partition coefficient (Wildman–Crippen LogP) is 6.08. The molecule has 0 aliphatic heterocycles. The van der Waals surface area contributed by atoms with Gasteiger partial charge in [-0.05, 0) is 124 Å². The van der Waals surface area contributed by atoms with Crippen molar-refractivity contribution >= 4 is 23.3 Å². The number of rotatable bonds is 10. The molecule has 4 aliphatic carbocycles. The lowest BCUT2D eigenvalue weighted by Crippen LogP contribution is -2.51. The zero-order chi connectivity index (χ0) is 31.6. The van der Waals surface area contributed by atoms with Crippen LogP contribution in [0.2, 0.25) is 0 Å². The Hall–Kier alpha value is -3.06. The van der Waals surface area contributed by atoms with Gasteiger partial charge in [0, 0.05) is 35.5 Å². The van der Waals surface area contributed by atoms with E-state index in [1.807, 2.05) is 6.92 Å². The fourth-order valence-electron chi connectivity index (χ4n) is 9.35. The number of carbonyl (C=O) groups excluding carboxylic acids is 3. The Labute approximate surface area is 263 Å². The van der Waals surface area contributed by atoms with Gasteiger partial charge >= 0.3 is 0 Å². The molecule has 3 fully saturated rings. The summed E-state index contributed by atoms with van der Waals surface area (Å²) in [5.41, 5.74) is 4.56. The summed E-state index contributed by atoms with van der Waals surface area (Å²) in [5.74, 6) is 2.18. The van der Waals surface area contributed by atoms with E-state index in [0.717, 1.165) is 36.8 Å². The molecule has 1 unspecified atom stereocenters. The summed E-state index contributed by atoms with van der Waals surface area (Å²) < 4.78 is 0. The largest absolute Gasteiger partial charge is 0.393 e. The fraction of sp³-hybridized carbons (Fsp3) is 0.622. The summed E-state index contributed by atoms with van der Waals surface area (Å²) >= 11 is 0. The maximum Gasteiger partial charge on any atom is 0.251 e. The monoisotopic (exact) mass is 601 g/mol. The number of amides is 2. The smallest absolute Gasteiger partial charge is 0.251 e. The summed E-state index contributed by atoms with van der Waals surface area (Å²) in [5, 5.41) is 16.1. The van der Waals surface area contributed by atoms with Crippen LogP contribution in [-0.4, -0.2) is 54.2 Å². The van der Waals surface area contributed by atoms with Crippen molar-refractivity contribution in [2.45, 2.75) is 91.6 Å². The molecule has 0 aromatic heterocycles. The SMILES string of the molecule is C=C(C)C(=O)NCCCNC(=O)c1ccc(C(=O)CN=C2C=C3CC[C@H]4[C@@H]5CC[C@H](C(C)O)[C@@]5(C)CC[C@@H]4[C@@]3(C)CC2)cc1. The number of hydrogen-bond acceptors (Lipinski definition) is 5. The molecule has 1 aromatic rings. The molecule has 0 saturated heterocycles. The minimum absolute atomic E-state index is 0.0476. The molecule has 2 amide bonds. The van der Waals surface area contributed by atoms with Crippen molar-refractivity contribution in [3.63, 3.8) is 0 Å². The molecular formula is C37H51N3O4. The van der Waals surface area contributed by atoms with E-state index in [0.29, 0.717) is 48.0 Å². The minimum atomic E-state index is -0.213. The Morgan fingerprint density at radius 1 is 0.977 bits per heavy atom. The molecular weight excluding hydrogens is 550 g/mol. The highest BCUT2D eigenvalue weighted by Gasteiger charge is 2.59. The van der Waals surface area contributed by atoms with E-state index in [1.54, 1.807) is 31.2 Å². The molecule has 4 aliphatic rings. The third kappa shape index (κ3) is 6.35. The van der Waals surface area contributed by atoms with Crippen LogP contribution >= 0.6 is 0 Å². The molecule has 5 rings (SSSR count). The van der Waals surface area contributed by atoms with Gasteiger partial charge in [0.05, 0.1) is 6.10 Å². The third-order valence-electron chi connectivity index (χ3n) is 11.8. The number of ketones is 1. The second-order valence-corrected chi connectivity index (χ2v) is 14.4. The Kier molecular flexibility index (Phi) is 9.64. The van der Waals surface area contributed by atoms with Crippen molar-refractivity contribution in [1.82, 2.24) is 10.6 Å². The van der Waals surface area contributed by atoms with Gasteiger partial charge in [0.15, 0.2) is 5.78 Å². The standard InChI is InChI=1S/C37H51N3O4/c1-23(2)34(43)38-19-6-20-39-35(44)26-9-7-25(8-10-26)33(42)22-40-28-15-17-36(4)27(21-28)11-12-29-31-14-13-30(24(3)41)37(31,5)18-16-32(29)36/h7-10,21,24,29-32,41H,1,6,11-20,22H2,2-5H3,(H,38,43)(H,39,44)/t24?,29-,30+,31-,32-,36-,37+/m0/s1. The third-order valence-corrected chi connectivity index (χ3v) is 11.8. The molecule has 7 atom stereocenters. The number of aliphatic imine (C=N–C) groups is 1. The van der Waals surface area contributed by atoms with E-state index in [1.165, 1.54) is 37.7 Å². The second kappa shape index (κ2) is 13.1. The average Bonchev–Trinajstić information content (AvgIpc) is 3.37. The molecule has 3 N–H and O–H groups in total. The molecule has 238 valence electrons. The Bertz CT molecular complexity index is 1340. The topological polar surface area (TPSA) is 108 Å². The zero-order valence-corrected chi connectivity index (χ0v) is 27.1. The van der Waals surface area contributed by atoms with Crippen LogP contribution in [0.1, 0.15) is 106 Å². The minimum Gasteiger partial charge on any atom is -0.393 e. The summed E-state index contributed by atoms with van der Waals surface area (Å²) in [6.07, 6.45) is 12.0. The van der Waals surface area contributed by atoms with Crippen molar-refractivity contribution in [1.29, 1.82) is 0 Å². The number of aliphatic hydroxyl groups excluding tert-OH is 1. The van der Waals surface area contributed by atoms with Crippen LogP contribution in [0.3, 0.4) is 0 Å². The highest BCUT2D eigenvalue weighted by atomic mass is 16.3. The van der Waals surface area contributed by atoms with Crippen LogP contribution in [0.5, 0.6) is 0 Å². The normalized spacial score (nSPS) is 32.5. The first kappa shape index (κ1) is 32.3. The number of nitrogens with zero attached hydrogens (tertiary/aromatic N) is 1. The Morgan fingerprint density at radius 3 is 2.39 bits per heavy atom. The van der Waals surface area contributed by atoms with Gasteiger partial charge in [-0.25, -0.2) is 0 Å². The summed E-state index contributed by atoms with van der Waals surface area (Å²) in [4.78, 5) is 41.7. The van der Waals surface area contributed by atoms with Gasteiger partial charge in [-0.2, -0.15) is 0 Å². The van der Waals surface area contributed by atoms with E-state index in [9.17, 15) is 19.5 Å².